The smallest absolute Gasteiger partial charge is 0.184 e. The Morgan fingerprint density at radius 2 is 1.35 bits per heavy atom. The minimum atomic E-state index is -1.54. The lowest BCUT2D eigenvalue weighted by Gasteiger charge is -2.45. The van der Waals surface area contributed by atoms with Gasteiger partial charge in [0, 0.05) is 10.2 Å². The van der Waals surface area contributed by atoms with E-state index in [-0.39, 0.29) is 5.60 Å². The monoisotopic (exact) mass is 292 g/mol. The molecule has 0 saturated heterocycles. The van der Waals surface area contributed by atoms with Gasteiger partial charge in [0.05, 0.1) is 11.3 Å². The molecule has 2 nitrogen and oxygen atoms in total. The fraction of sp³-hybridized carbons (Fsp3) is 1.00. The molecule has 0 fully saturated rings. The number of hydrogen-bond donors (Lipinski definition) is 0. The summed E-state index contributed by atoms with van der Waals surface area (Å²) in [6.45, 7) is 20.3. The van der Waals surface area contributed by atoms with Crippen molar-refractivity contribution in [2.45, 2.75) is 71.4 Å². The van der Waals surface area contributed by atoms with E-state index < -0.39 is 16.6 Å². The maximum absolute atomic E-state index is 6.47. The largest absolute Gasteiger partial charge is 0.416 e. The molecular formula is C12H32O2Si3. The maximum Gasteiger partial charge on any atom is 0.184 e. The fourth-order valence-electron chi connectivity index (χ4n) is 1.98. The molecule has 104 valence electrons. The van der Waals surface area contributed by atoms with Crippen molar-refractivity contribution in [3.63, 3.8) is 0 Å². The third kappa shape index (κ3) is 6.33. The van der Waals surface area contributed by atoms with E-state index in [1.165, 1.54) is 0 Å². The second kappa shape index (κ2) is 5.69. The van der Waals surface area contributed by atoms with Crippen molar-refractivity contribution in [3.05, 3.63) is 0 Å². The molecule has 0 aliphatic heterocycles. The van der Waals surface area contributed by atoms with Crippen molar-refractivity contribution in [1.82, 2.24) is 0 Å². The molecule has 5 heteroatoms. The van der Waals surface area contributed by atoms with Crippen LogP contribution in [0.4, 0.5) is 0 Å². The maximum atomic E-state index is 6.47. The summed E-state index contributed by atoms with van der Waals surface area (Å²) in [5.41, 5.74) is 0.178. The molecule has 0 aromatic heterocycles. The summed E-state index contributed by atoms with van der Waals surface area (Å²) >= 11 is 0. The average Bonchev–Trinajstić information content (AvgIpc) is 1.96. The number of hydrogen-bond acceptors (Lipinski definition) is 2. The highest BCUT2D eigenvalue weighted by Crippen LogP contribution is 2.31. The molecule has 0 aliphatic carbocycles. The molecular weight excluding hydrogens is 260 g/mol. The standard InChI is InChI=1S/C12H32O2Si3/c1-10(2)12(3,14-17(7,8)9)11(15)13-16(4,5)6/h10-11H,1-9,15H3. The zero-order chi connectivity index (χ0) is 14.1. The minimum Gasteiger partial charge on any atom is -0.416 e. The van der Waals surface area contributed by atoms with Crippen LogP contribution in [0.25, 0.3) is 0 Å². The Kier molecular flexibility index (Phi) is 5.88. The predicted molar refractivity (Wildman–Crippen MR) is 85.8 cm³/mol. The highest BCUT2D eigenvalue weighted by molar-refractivity contribution is 6.70. The molecule has 0 aliphatic rings. The van der Waals surface area contributed by atoms with Gasteiger partial charge in [-0.2, -0.15) is 0 Å². The van der Waals surface area contributed by atoms with Crippen LogP contribution in [0.2, 0.25) is 39.3 Å². The van der Waals surface area contributed by atoms with Gasteiger partial charge in [0.15, 0.2) is 16.6 Å². The Balaban J connectivity index is 4.95. The molecule has 0 aromatic carbocycles. The van der Waals surface area contributed by atoms with Crippen molar-refractivity contribution in [2.24, 2.45) is 5.92 Å². The van der Waals surface area contributed by atoms with E-state index in [2.05, 4.69) is 60.1 Å². The van der Waals surface area contributed by atoms with E-state index in [4.69, 9.17) is 8.85 Å². The third-order valence-corrected chi connectivity index (χ3v) is 6.98. The van der Waals surface area contributed by atoms with Crippen molar-refractivity contribution in [2.75, 3.05) is 0 Å². The van der Waals surface area contributed by atoms with E-state index in [1.54, 1.807) is 0 Å². The van der Waals surface area contributed by atoms with Crippen LogP contribution in [-0.2, 0) is 8.85 Å². The van der Waals surface area contributed by atoms with Gasteiger partial charge in [-0.1, -0.05) is 13.8 Å². The first-order chi connectivity index (χ1) is 7.28. The van der Waals surface area contributed by atoms with Crippen LogP contribution in [-0.4, -0.2) is 38.2 Å². The van der Waals surface area contributed by atoms with Crippen LogP contribution in [0.5, 0.6) is 0 Å². The summed E-state index contributed by atoms with van der Waals surface area (Å²) < 4.78 is 12.8. The third-order valence-electron chi connectivity index (χ3n) is 3.01. The van der Waals surface area contributed by atoms with Crippen LogP contribution in [0, 0.1) is 5.92 Å². The fourth-order valence-corrected chi connectivity index (χ4v) is 8.13. The quantitative estimate of drug-likeness (QED) is 0.701. The lowest BCUT2D eigenvalue weighted by molar-refractivity contribution is -0.0331. The summed E-state index contributed by atoms with van der Waals surface area (Å²) in [4.78, 5) is 0. The average molecular weight is 293 g/mol. The van der Waals surface area contributed by atoms with Crippen molar-refractivity contribution in [1.29, 1.82) is 0 Å². The molecule has 0 rings (SSSR count). The Bertz CT molecular complexity index is 243. The Morgan fingerprint density at radius 1 is 0.941 bits per heavy atom. The van der Waals surface area contributed by atoms with Crippen LogP contribution in [0.15, 0.2) is 0 Å². The van der Waals surface area contributed by atoms with E-state index in [1.807, 2.05) is 0 Å². The summed E-state index contributed by atoms with van der Waals surface area (Å²) in [5, 5.41) is 0. The molecule has 0 bridgehead atoms. The van der Waals surface area contributed by atoms with Crippen LogP contribution in [0.3, 0.4) is 0 Å². The second-order valence-corrected chi connectivity index (χ2v) is 17.4. The molecule has 2 atom stereocenters. The summed E-state index contributed by atoms with van der Waals surface area (Å²) in [7, 11) is -1.99. The first kappa shape index (κ1) is 17.6. The lowest BCUT2D eigenvalue weighted by Crippen LogP contribution is -2.56. The van der Waals surface area contributed by atoms with Gasteiger partial charge in [-0.05, 0) is 52.1 Å². The first-order valence-electron chi connectivity index (χ1n) is 6.66. The Labute approximate surface area is 113 Å². The van der Waals surface area contributed by atoms with Gasteiger partial charge in [-0.15, -0.1) is 0 Å². The summed E-state index contributed by atoms with van der Waals surface area (Å²) in [5.74, 6) is 0.494. The second-order valence-electron chi connectivity index (χ2n) is 7.43. The van der Waals surface area contributed by atoms with Crippen molar-refractivity contribution < 1.29 is 8.85 Å². The van der Waals surface area contributed by atoms with E-state index in [0.29, 0.717) is 11.6 Å². The van der Waals surface area contributed by atoms with Gasteiger partial charge in [0.2, 0.25) is 0 Å². The highest BCUT2D eigenvalue weighted by atomic mass is 28.4. The highest BCUT2D eigenvalue weighted by Gasteiger charge is 2.41. The first-order valence-corrected chi connectivity index (χ1v) is 14.6. The van der Waals surface area contributed by atoms with E-state index >= 15 is 0 Å². The molecule has 0 aromatic rings. The van der Waals surface area contributed by atoms with Gasteiger partial charge in [0.25, 0.3) is 0 Å². The predicted octanol–water partition coefficient (Wildman–Crippen LogP) is 2.80. The molecule has 0 spiro atoms. The van der Waals surface area contributed by atoms with Crippen LogP contribution < -0.4 is 0 Å². The lowest BCUT2D eigenvalue weighted by atomic mass is 9.93. The molecule has 0 heterocycles. The molecule has 0 amide bonds. The van der Waals surface area contributed by atoms with Crippen LogP contribution >= 0.6 is 0 Å². The molecule has 17 heavy (non-hydrogen) atoms. The SMILES string of the molecule is CC(C)C(C)(O[Si](C)(C)C)C([SiH3])O[Si](C)(C)C. The van der Waals surface area contributed by atoms with E-state index in [0.717, 1.165) is 10.2 Å². The van der Waals surface area contributed by atoms with E-state index in [9.17, 15) is 0 Å². The topological polar surface area (TPSA) is 18.5 Å². The summed E-state index contributed by atoms with van der Waals surface area (Å²) in [6.07, 6.45) is 0. The minimum absolute atomic E-state index is 0.114. The van der Waals surface area contributed by atoms with Gasteiger partial charge in [-0.3, -0.25) is 0 Å². The summed E-state index contributed by atoms with van der Waals surface area (Å²) in [6, 6.07) is 0. The van der Waals surface area contributed by atoms with Crippen LogP contribution in [0.1, 0.15) is 20.8 Å². The normalized spacial score (nSPS) is 19.4. The zero-order valence-electron chi connectivity index (χ0n) is 13.5. The molecule has 0 saturated carbocycles. The molecule has 0 N–H and O–H groups in total. The molecule has 2 unspecified atom stereocenters. The molecule has 0 radical (unpaired) electrons. The van der Waals surface area contributed by atoms with Gasteiger partial charge in [-0.25, -0.2) is 0 Å². The Hall–Kier alpha value is 0.571. The number of rotatable bonds is 6. The van der Waals surface area contributed by atoms with Gasteiger partial charge in [0.1, 0.15) is 0 Å². The van der Waals surface area contributed by atoms with Gasteiger partial charge < -0.3 is 8.85 Å². The van der Waals surface area contributed by atoms with Gasteiger partial charge >= 0.3 is 0 Å². The van der Waals surface area contributed by atoms with Crippen molar-refractivity contribution >= 4 is 26.9 Å². The zero-order valence-corrected chi connectivity index (χ0v) is 17.5. The van der Waals surface area contributed by atoms with Crippen molar-refractivity contribution in [3.8, 4) is 0 Å². The Morgan fingerprint density at radius 3 is 1.59 bits per heavy atom.